The van der Waals surface area contributed by atoms with Crippen molar-refractivity contribution in [1.29, 1.82) is 0 Å². The van der Waals surface area contributed by atoms with Gasteiger partial charge in [-0.2, -0.15) is 0 Å². The maximum Gasteiger partial charge on any atom is 0.317 e. The minimum atomic E-state index is -0.902. The van der Waals surface area contributed by atoms with Gasteiger partial charge in [0.15, 0.2) is 0 Å². The van der Waals surface area contributed by atoms with Crippen LogP contribution in [0.3, 0.4) is 0 Å². The second-order valence-corrected chi connectivity index (χ2v) is 4.72. The molecule has 2 amide bonds. The molecule has 0 saturated heterocycles. The van der Waals surface area contributed by atoms with Crippen molar-refractivity contribution in [3.63, 3.8) is 0 Å². The van der Waals surface area contributed by atoms with E-state index in [0.717, 1.165) is 18.4 Å². The van der Waals surface area contributed by atoms with Crippen molar-refractivity contribution in [2.24, 2.45) is 0 Å². The number of amides is 2. The topological polar surface area (TPSA) is 45.2 Å². The Bertz CT molecular complexity index is 398. The lowest BCUT2D eigenvalue weighted by Gasteiger charge is -2.22. The third kappa shape index (κ3) is 3.18. The standard InChI is InChI=1S/C13H18FN3O/c1-17(9-10-4-3-7-15-8-10)13(18)16-12-6-2-5-11(12)14/h3-4,7-8,11-12H,2,5-6,9H2,1H3,(H,16,18)/t11-,12+/m1/s1. The summed E-state index contributed by atoms with van der Waals surface area (Å²) in [5.41, 5.74) is 0.957. The average molecular weight is 251 g/mol. The molecular weight excluding hydrogens is 233 g/mol. The smallest absolute Gasteiger partial charge is 0.317 e. The van der Waals surface area contributed by atoms with Gasteiger partial charge in [-0.3, -0.25) is 4.98 Å². The number of rotatable bonds is 3. The van der Waals surface area contributed by atoms with Gasteiger partial charge in [-0.05, 0) is 30.9 Å². The minimum absolute atomic E-state index is 0.228. The van der Waals surface area contributed by atoms with Crippen LogP contribution >= 0.6 is 0 Å². The van der Waals surface area contributed by atoms with Crippen molar-refractivity contribution < 1.29 is 9.18 Å². The van der Waals surface area contributed by atoms with Crippen LogP contribution in [-0.2, 0) is 6.54 Å². The molecule has 0 aromatic carbocycles. The van der Waals surface area contributed by atoms with E-state index in [4.69, 9.17) is 0 Å². The summed E-state index contributed by atoms with van der Waals surface area (Å²) in [5.74, 6) is 0. The highest BCUT2D eigenvalue weighted by Crippen LogP contribution is 2.22. The number of halogens is 1. The lowest BCUT2D eigenvalue weighted by Crippen LogP contribution is -2.44. The fourth-order valence-electron chi connectivity index (χ4n) is 2.18. The molecule has 0 unspecified atom stereocenters. The highest BCUT2D eigenvalue weighted by atomic mass is 19.1. The zero-order valence-corrected chi connectivity index (χ0v) is 10.5. The van der Waals surface area contributed by atoms with Crippen LogP contribution in [-0.4, -0.2) is 35.2 Å². The predicted molar refractivity (Wildman–Crippen MR) is 66.8 cm³/mol. The van der Waals surface area contributed by atoms with E-state index in [1.54, 1.807) is 24.3 Å². The third-order valence-corrected chi connectivity index (χ3v) is 3.23. The summed E-state index contributed by atoms with van der Waals surface area (Å²) in [5, 5.41) is 2.74. The van der Waals surface area contributed by atoms with Crippen molar-refractivity contribution >= 4 is 6.03 Å². The first-order valence-electron chi connectivity index (χ1n) is 6.21. The lowest BCUT2D eigenvalue weighted by atomic mass is 10.2. The Morgan fingerprint density at radius 3 is 3.06 bits per heavy atom. The van der Waals surface area contributed by atoms with E-state index < -0.39 is 6.17 Å². The number of urea groups is 1. The molecule has 4 nitrogen and oxygen atoms in total. The average Bonchev–Trinajstić information content (AvgIpc) is 2.76. The molecule has 0 radical (unpaired) electrons. The van der Waals surface area contributed by atoms with Crippen LogP contribution in [0.2, 0.25) is 0 Å². The number of pyridine rings is 1. The summed E-state index contributed by atoms with van der Waals surface area (Å²) in [6.07, 6.45) is 4.64. The summed E-state index contributed by atoms with van der Waals surface area (Å²) in [6, 6.07) is 3.18. The molecule has 5 heteroatoms. The molecule has 1 aromatic heterocycles. The van der Waals surface area contributed by atoms with Crippen molar-refractivity contribution in [3.8, 4) is 0 Å². The molecule has 18 heavy (non-hydrogen) atoms. The van der Waals surface area contributed by atoms with Gasteiger partial charge >= 0.3 is 6.03 Å². The van der Waals surface area contributed by atoms with Crippen molar-refractivity contribution in [2.45, 2.75) is 38.0 Å². The van der Waals surface area contributed by atoms with E-state index >= 15 is 0 Å². The van der Waals surface area contributed by atoms with E-state index in [0.29, 0.717) is 13.0 Å². The van der Waals surface area contributed by atoms with Crippen molar-refractivity contribution in [3.05, 3.63) is 30.1 Å². The van der Waals surface area contributed by atoms with Crippen molar-refractivity contribution in [2.75, 3.05) is 7.05 Å². The van der Waals surface area contributed by atoms with Gasteiger partial charge in [0.25, 0.3) is 0 Å². The second-order valence-electron chi connectivity index (χ2n) is 4.72. The number of hydrogen-bond acceptors (Lipinski definition) is 2. The summed E-state index contributed by atoms with van der Waals surface area (Å²) in [6.45, 7) is 0.476. The van der Waals surface area contributed by atoms with Gasteiger partial charge in [-0.1, -0.05) is 6.07 Å². The molecule has 2 rings (SSSR count). The first kappa shape index (κ1) is 12.8. The Morgan fingerprint density at radius 2 is 2.44 bits per heavy atom. The molecule has 1 aliphatic carbocycles. The molecule has 1 saturated carbocycles. The number of carbonyl (C=O) groups is 1. The Balaban J connectivity index is 1.85. The van der Waals surface area contributed by atoms with E-state index in [-0.39, 0.29) is 12.1 Å². The van der Waals surface area contributed by atoms with Gasteiger partial charge in [0.2, 0.25) is 0 Å². The van der Waals surface area contributed by atoms with Gasteiger partial charge in [0, 0.05) is 26.0 Å². The van der Waals surface area contributed by atoms with Crippen LogP contribution in [0.5, 0.6) is 0 Å². The number of hydrogen-bond donors (Lipinski definition) is 1. The fraction of sp³-hybridized carbons (Fsp3) is 0.538. The lowest BCUT2D eigenvalue weighted by molar-refractivity contribution is 0.193. The first-order chi connectivity index (χ1) is 8.66. The Kier molecular flexibility index (Phi) is 4.12. The van der Waals surface area contributed by atoms with E-state index in [1.807, 2.05) is 12.1 Å². The summed E-state index contributed by atoms with van der Waals surface area (Å²) in [4.78, 5) is 17.4. The second kappa shape index (κ2) is 5.80. The van der Waals surface area contributed by atoms with Gasteiger partial charge in [-0.15, -0.1) is 0 Å². The van der Waals surface area contributed by atoms with Gasteiger partial charge in [0.05, 0.1) is 6.04 Å². The molecular formula is C13H18FN3O. The molecule has 1 fully saturated rings. The third-order valence-electron chi connectivity index (χ3n) is 3.23. The molecule has 1 aliphatic rings. The quantitative estimate of drug-likeness (QED) is 0.894. The van der Waals surface area contributed by atoms with Crippen LogP contribution in [0.25, 0.3) is 0 Å². The van der Waals surface area contributed by atoms with Gasteiger partial charge in [0.1, 0.15) is 6.17 Å². The number of nitrogens with one attached hydrogen (secondary N) is 1. The number of carbonyl (C=O) groups excluding carboxylic acids is 1. The van der Waals surface area contributed by atoms with Crippen LogP contribution in [0.1, 0.15) is 24.8 Å². The Morgan fingerprint density at radius 1 is 1.61 bits per heavy atom. The molecule has 0 aliphatic heterocycles. The monoisotopic (exact) mass is 251 g/mol. The normalized spacial score (nSPS) is 22.8. The predicted octanol–water partition coefficient (Wildman–Crippen LogP) is 2.11. The highest BCUT2D eigenvalue weighted by molar-refractivity contribution is 5.74. The van der Waals surface area contributed by atoms with Crippen molar-refractivity contribution in [1.82, 2.24) is 15.2 Å². The van der Waals surface area contributed by atoms with Crippen LogP contribution < -0.4 is 5.32 Å². The summed E-state index contributed by atoms with van der Waals surface area (Å²) >= 11 is 0. The molecule has 1 aromatic rings. The fourth-order valence-corrected chi connectivity index (χ4v) is 2.18. The summed E-state index contributed by atoms with van der Waals surface area (Å²) < 4.78 is 13.4. The van der Waals surface area contributed by atoms with Gasteiger partial charge in [-0.25, -0.2) is 9.18 Å². The van der Waals surface area contributed by atoms with Crippen LogP contribution in [0.4, 0.5) is 9.18 Å². The van der Waals surface area contributed by atoms with Gasteiger partial charge < -0.3 is 10.2 Å². The van der Waals surface area contributed by atoms with E-state index in [1.165, 1.54) is 0 Å². The molecule has 0 spiro atoms. The number of aromatic nitrogens is 1. The summed E-state index contributed by atoms with van der Waals surface area (Å²) in [7, 11) is 1.70. The van der Waals surface area contributed by atoms with Crippen LogP contribution in [0.15, 0.2) is 24.5 Å². The first-order valence-corrected chi connectivity index (χ1v) is 6.21. The molecule has 1 heterocycles. The van der Waals surface area contributed by atoms with E-state index in [9.17, 15) is 9.18 Å². The minimum Gasteiger partial charge on any atom is -0.332 e. The van der Waals surface area contributed by atoms with Crippen LogP contribution in [0, 0.1) is 0 Å². The number of nitrogens with zero attached hydrogens (tertiary/aromatic N) is 2. The largest absolute Gasteiger partial charge is 0.332 e. The molecule has 0 bridgehead atoms. The number of alkyl halides is 1. The van der Waals surface area contributed by atoms with E-state index in [2.05, 4.69) is 10.3 Å². The Hall–Kier alpha value is -1.65. The Labute approximate surface area is 106 Å². The SMILES string of the molecule is CN(Cc1cccnc1)C(=O)N[C@H]1CCC[C@H]1F. The molecule has 98 valence electrons. The zero-order chi connectivity index (χ0) is 13.0. The maximum absolute atomic E-state index is 13.4. The highest BCUT2D eigenvalue weighted by Gasteiger charge is 2.28. The molecule has 2 atom stereocenters. The maximum atomic E-state index is 13.4. The molecule has 1 N–H and O–H groups in total. The zero-order valence-electron chi connectivity index (χ0n) is 10.5.